The lowest BCUT2D eigenvalue weighted by atomic mass is 10.1. The number of aryl methyl sites for hydroxylation is 1. The Morgan fingerprint density at radius 3 is 2.96 bits per heavy atom. The Kier molecular flexibility index (Phi) is 4.69. The highest BCUT2D eigenvalue weighted by atomic mass is 16.5. The average Bonchev–Trinajstić information content (AvgIpc) is 2.93. The van der Waals surface area contributed by atoms with Gasteiger partial charge in [-0.05, 0) is 37.6 Å². The first-order chi connectivity index (χ1) is 11.5. The molecule has 1 N–H and O–H groups in total. The fourth-order valence-corrected chi connectivity index (χ4v) is 2.85. The molecule has 0 fully saturated rings. The van der Waals surface area contributed by atoms with Crippen LogP contribution >= 0.6 is 0 Å². The zero-order valence-corrected chi connectivity index (χ0v) is 14.3. The van der Waals surface area contributed by atoms with Crippen LogP contribution in [0, 0.1) is 6.92 Å². The zero-order chi connectivity index (χ0) is 17.1. The van der Waals surface area contributed by atoms with Crippen molar-refractivity contribution >= 4 is 5.91 Å². The molecule has 24 heavy (non-hydrogen) atoms. The minimum absolute atomic E-state index is 0.0440. The van der Waals surface area contributed by atoms with Crippen LogP contribution in [0.1, 0.15) is 29.3 Å². The maximum absolute atomic E-state index is 12.1. The highest BCUT2D eigenvalue weighted by Crippen LogP contribution is 2.34. The summed E-state index contributed by atoms with van der Waals surface area (Å²) in [5.41, 5.74) is 3.91. The first-order valence-electron chi connectivity index (χ1n) is 8.10. The van der Waals surface area contributed by atoms with Gasteiger partial charge in [-0.15, -0.1) is 0 Å². The molecule has 3 rings (SSSR count). The molecular formula is C19H22N2O3. The average molecular weight is 326 g/mol. The Bertz CT molecular complexity index is 741. The summed E-state index contributed by atoms with van der Waals surface area (Å²) in [6.45, 7) is 4.38. The summed E-state index contributed by atoms with van der Waals surface area (Å²) in [5, 5.41) is 2.94. The highest BCUT2D eigenvalue weighted by molar-refractivity contribution is 5.78. The van der Waals surface area contributed by atoms with E-state index in [4.69, 9.17) is 9.47 Å². The predicted molar refractivity (Wildman–Crippen MR) is 91.3 cm³/mol. The predicted octanol–water partition coefficient (Wildman–Crippen LogP) is 2.58. The largest absolute Gasteiger partial charge is 0.496 e. The molecule has 2 heterocycles. The third kappa shape index (κ3) is 3.67. The Morgan fingerprint density at radius 2 is 2.25 bits per heavy atom. The fourth-order valence-electron chi connectivity index (χ4n) is 2.85. The molecule has 1 aliphatic heterocycles. The molecule has 2 aromatic rings. The Morgan fingerprint density at radius 1 is 1.42 bits per heavy atom. The second kappa shape index (κ2) is 6.91. The van der Waals surface area contributed by atoms with Crippen molar-refractivity contribution in [2.45, 2.75) is 39.3 Å². The molecule has 1 aliphatic rings. The summed E-state index contributed by atoms with van der Waals surface area (Å²) in [4.78, 5) is 16.4. The lowest BCUT2D eigenvalue weighted by Crippen LogP contribution is -2.24. The molecule has 5 nitrogen and oxygen atoms in total. The summed E-state index contributed by atoms with van der Waals surface area (Å²) in [5.74, 6) is 1.62. The number of ether oxygens (including phenoxy) is 2. The van der Waals surface area contributed by atoms with E-state index in [1.165, 1.54) is 0 Å². The Labute approximate surface area is 142 Å². The molecule has 0 spiro atoms. The summed E-state index contributed by atoms with van der Waals surface area (Å²) >= 11 is 0. The molecule has 1 atom stereocenters. The van der Waals surface area contributed by atoms with Gasteiger partial charge in [-0.3, -0.25) is 9.78 Å². The van der Waals surface area contributed by atoms with Crippen LogP contribution in [0.2, 0.25) is 0 Å². The number of methoxy groups -OCH3 is 1. The van der Waals surface area contributed by atoms with Crippen molar-refractivity contribution < 1.29 is 14.3 Å². The SMILES string of the molecule is COc1cc2c(cc1CNC(=O)Cc1ccc(C)nc1)O[C@@H](C)C2. The second-order valence-corrected chi connectivity index (χ2v) is 6.17. The highest BCUT2D eigenvalue weighted by Gasteiger charge is 2.21. The lowest BCUT2D eigenvalue weighted by molar-refractivity contribution is -0.120. The maximum Gasteiger partial charge on any atom is 0.224 e. The first-order valence-corrected chi connectivity index (χ1v) is 8.10. The minimum atomic E-state index is -0.0440. The fraction of sp³-hybridized carbons (Fsp3) is 0.368. The molecule has 0 radical (unpaired) electrons. The third-order valence-electron chi connectivity index (χ3n) is 4.11. The number of aromatic nitrogens is 1. The van der Waals surface area contributed by atoms with Gasteiger partial charge in [-0.1, -0.05) is 6.07 Å². The molecule has 0 aliphatic carbocycles. The number of carbonyl (C=O) groups is 1. The Hall–Kier alpha value is -2.56. The number of nitrogens with zero attached hydrogens (tertiary/aromatic N) is 1. The van der Waals surface area contributed by atoms with E-state index in [9.17, 15) is 4.79 Å². The van der Waals surface area contributed by atoms with Gasteiger partial charge in [0.25, 0.3) is 0 Å². The van der Waals surface area contributed by atoms with Gasteiger partial charge in [0.05, 0.1) is 13.5 Å². The summed E-state index contributed by atoms with van der Waals surface area (Å²) in [6.07, 6.45) is 3.12. The molecule has 0 saturated heterocycles. The van der Waals surface area contributed by atoms with E-state index in [2.05, 4.69) is 10.3 Å². The van der Waals surface area contributed by atoms with Gasteiger partial charge in [-0.2, -0.15) is 0 Å². The van der Waals surface area contributed by atoms with Crippen LogP contribution < -0.4 is 14.8 Å². The zero-order valence-electron chi connectivity index (χ0n) is 14.3. The number of amides is 1. The molecule has 126 valence electrons. The number of fused-ring (bicyclic) bond motifs is 1. The van der Waals surface area contributed by atoms with Gasteiger partial charge in [0.15, 0.2) is 0 Å². The molecule has 0 bridgehead atoms. The van der Waals surface area contributed by atoms with Crippen LogP contribution in [0.15, 0.2) is 30.5 Å². The van der Waals surface area contributed by atoms with Crippen molar-refractivity contribution in [1.82, 2.24) is 10.3 Å². The van der Waals surface area contributed by atoms with Crippen molar-refractivity contribution in [3.63, 3.8) is 0 Å². The molecule has 5 heteroatoms. The number of nitrogens with one attached hydrogen (secondary N) is 1. The number of hydrogen-bond donors (Lipinski definition) is 1. The van der Waals surface area contributed by atoms with E-state index >= 15 is 0 Å². The quantitative estimate of drug-likeness (QED) is 0.917. The first kappa shape index (κ1) is 16.3. The van der Waals surface area contributed by atoms with E-state index in [0.717, 1.165) is 40.3 Å². The number of pyridine rings is 1. The van der Waals surface area contributed by atoms with Gasteiger partial charge in [0, 0.05) is 36.0 Å². The number of hydrogen-bond acceptors (Lipinski definition) is 4. The second-order valence-electron chi connectivity index (χ2n) is 6.17. The third-order valence-corrected chi connectivity index (χ3v) is 4.11. The standard InChI is InChI=1S/C19H22N2O3/c1-12-4-5-14(10-20-12)7-19(22)21-11-16-9-18-15(6-13(2)24-18)8-17(16)23-3/h4-5,8-10,13H,6-7,11H2,1-3H3,(H,21,22)/t13-/m0/s1. The van der Waals surface area contributed by atoms with Crippen LogP contribution in [-0.4, -0.2) is 24.1 Å². The van der Waals surface area contributed by atoms with Crippen molar-refractivity contribution in [1.29, 1.82) is 0 Å². The topological polar surface area (TPSA) is 60.5 Å². The molecule has 0 saturated carbocycles. The van der Waals surface area contributed by atoms with Crippen LogP contribution in [0.25, 0.3) is 0 Å². The number of benzene rings is 1. The van der Waals surface area contributed by atoms with Crippen molar-refractivity contribution in [3.05, 3.63) is 52.8 Å². The van der Waals surface area contributed by atoms with E-state index in [-0.39, 0.29) is 12.0 Å². The van der Waals surface area contributed by atoms with Crippen LogP contribution in [0.3, 0.4) is 0 Å². The molecular weight excluding hydrogens is 304 g/mol. The monoisotopic (exact) mass is 326 g/mol. The van der Waals surface area contributed by atoms with E-state index in [1.807, 2.05) is 38.1 Å². The van der Waals surface area contributed by atoms with Gasteiger partial charge >= 0.3 is 0 Å². The minimum Gasteiger partial charge on any atom is -0.496 e. The molecule has 1 amide bonds. The maximum atomic E-state index is 12.1. The van der Waals surface area contributed by atoms with Gasteiger partial charge < -0.3 is 14.8 Å². The van der Waals surface area contributed by atoms with Gasteiger partial charge in [-0.25, -0.2) is 0 Å². The molecule has 1 aromatic heterocycles. The van der Waals surface area contributed by atoms with Crippen molar-refractivity contribution in [2.75, 3.05) is 7.11 Å². The van der Waals surface area contributed by atoms with Gasteiger partial charge in [0.1, 0.15) is 17.6 Å². The summed E-state index contributed by atoms with van der Waals surface area (Å²) in [7, 11) is 1.64. The van der Waals surface area contributed by atoms with Crippen molar-refractivity contribution in [3.8, 4) is 11.5 Å². The summed E-state index contributed by atoms with van der Waals surface area (Å²) < 4.78 is 11.2. The van der Waals surface area contributed by atoms with Crippen LogP contribution in [0.5, 0.6) is 11.5 Å². The van der Waals surface area contributed by atoms with E-state index in [1.54, 1.807) is 13.3 Å². The number of carbonyl (C=O) groups excluding carboxylic acids is 1. The van der Waals surface area contributed by atoms with Crippen molar-refractivity contribution in [2.24, 2.45) is 0 Å². The smallest absolute Gasteiger partial charge is 0.224 e. The Balaban J connectivity index is 1.64. The van der Waals surface area contributed by atoms with Gasteiger partial charge in [0.2, 0.25) is 5.91 Å². The number of rotatable bonds is 5. The summed E-state index contributed by atoms with van der Waals surface area (Å²) in [6, 6.07) is 7.80. The van der Waals surface area contributed by atoms with Crippen LogP contribution in [-0.2, 0) is 24.2 Å². The lowest BCUT2D eigenvalue weighted by Gasteiger charge is -2.12. The van der Waals surface area contributed by atoms with Crippen LogP contribution in [0.4, 0.5) is 0 Å². The molecule has 1 aromatic carbocycles. The normalized spacial score (nSPS) is 15.5. The van der Waals surface area contributed by atoms with E-state index in [0.29, 0.717) is 13.0 Å². The molecule has 0 unspecified atom stereocenters. The van der Waals surface area contributed by atoms with E-state index < -0.39 is 0 Å².